The van der Waals surface area contributed by atoms with Crippen molar-refractivity contribution in [2.24, 2.45) is 0 Å². The molecule has 0 unspecified atom stereocenters. The monoisotopic (exact) mass is 379 g/mol. The van der Waals surface area contributed by atoms with Gasteiger partial charge in [0.25, 0.3) is 0 Å². The van der Waals surface area contributed by atoms with Crippen LogP contribution in [0.25, 0.3) is 6.08 Å². The quantitative estimate of drug-likeness (QED) is 0.784. The highest BCUT2D eigenvalue weighted by Crippen LogP contribution is 2.18. The van der Waals surface area contributed by atoms with Crippen molar-refractivity contribution in [3.8, 4) is 5.75 Å². The number of anilines is 1. The van der Waals surface area contributed by atoms with Gasteiger partial charge in [-0.1, -0.05) is 36.4 Å². The lowest BCUT2D eigenvalue weighted by Gasteiger charge is -2.33. The van der Waals surface area contributed by atoms with Crippen LogP contribution in [-0.4, -0.2) is 61.4 Å². The Hall–Kier alpha value is -3.12. The number of amides is 2. The van der Waals surface area contributed by atoms with Crippen LogP contribution in [0.15, 0.2) is 60.7 Å². The first-order valence-corrected chi connectivity index (χ1v) is 9.33. The fourth-order valence-electron chi connectivity index (χ4n) is 3.12. The van der Waals surface area contributed by atoms with Crippen LogP contribution < -0.4 is 10.1 Å². The molecule has 0 spiro atoms. The maximum Gasteiger partial charge on any atom is 0.246 e. The molecule has 2 amide bonds. The molecule has 6 nitrogen and oxygen atoms in total. The number of ether oxygens (including phenoxy) is 1. The second-order valence-corrected chi connectivity index (χ2v) is 6.59. The lowest BCUT2D eigenvalue weighted by Crippen LogP contribution is -2.50. The Morgan fingerprint density at radius 3 is 2.39 bits per heavy atom. The summed E-state index contributed by atoms with van der Waals surface area (Å²) in [6.07, 6.45) is 3.36. The van der Waals surface area contributed by atoms with E-state index in [1.165, 1.54) is 0 Å². The van der Waals surface area contributed by atoms with Crippen molar-refractivity contribution >= 4 is 23.6 Å². The van der Waals surface area contributed by atoms with Gasteiger partial charge in [-0.25, -0.2) is 0 Å². The number of hydrogen-bond acceptors (Lipinski definition) is 4. The molecule has 1 saturated heterocycles. The number of hydrogen-bond donors (Lipinski definition) is 1. The summed E-state index contributed by atoms with van der Waals surface area (Å²) in [5, 5.41) is 2.89. The molecule has 6 heteroatoms. The number of benzene rings is 2. The predicted octanol–water partition coefficient (Wildman–Crippen LogP) is 2.49. The van der Waals surface area contributed by atoms with Gasteiger partial charge in [0.05, 0.1) is 13.7 Å². The molecule has 146 valence electrons. The molecule has 2 aromatic carbocycles. The number of carbonyl (C=O) groups excluding carboxylic acids is 2. The van der Waals surface area contributed by atoms with E-state index < -0.39 is 0 Å². The van der Waals surface area contributed by atoms with E-state index in [0.29, 0.717) is 32.7 Å². The van der Waals surface area contributed by atoms with Crippen molar-refractivity contribution in [2.75, 3.05) is 45.2 Å². The molecule has 1 aliphatic rings. The molecule has 0 aliphatic carbocycles. The third-order valence-corrected chi connectivity index (χ3v) is 4.65. The van der Waals surface area contributed by atoms with E-state index in [1.807, 2.05) is 54.6 Å². The topological polar surface area (TPSA) is 61.9 Å². The Labute approximate surface area is 165 Å². The smallest absolute Gasteiger partial charge is 0.246 e. The Kier molecular flexibility index (Phi) is 6.81. The number of methoxy groups -OCH3 is 1. The van der Waals surface area contributed by atoms with Gasteiger partial charge in [0, 0.05) is 43.5 Å². The molecule has 1 N–H and O–H groups in total. The van der Waals surface area contributed by atoms with Gasteiger partial charge in [0.2, 0.25) is 11.8 Å². The molecular formula is C22H25N3O3. The van der Waals surface area contributed by atoms with Crippen LogP contribution in [0.2, 0.25) is 0 Å². The normalized spacial score (nSPS) is 14.8. The Morgan fingerprint density at radius 2 is 1.68 bits per heavy atom. The first-order chi connectivity index (χ1) is 13.7. The third-order valence-electron chi connectivity index (χ3n) is 4.65. The number of piperazine rings is 1. The number of carbonyl (C=O) groups is 2. The van der Waals surface area contributed by atoms with Crippen molar-refractivity contribution in [1.82, 2.24) is 9.80 Å². The van der Waals surface area contributed by atoms with Crippen molar-refractivity contribution in [3.05, 3.63) is 66.2 Å². The minimum atomic E-state index is -0.0398. The van der Waals surface area contributed by atoms with Crippen molar-refractivity contribution in [1.29, 1.82) is 0 Å². The Bertz CT molecular complexity index is 828. The first-order valence-electron chi connectivity index (χ1n) is 9.33. The second kappa shape index (κ2) is 9.71. The molecule has 3 rings (SSSR count). The molecule has 0 saturated carbocycles. The molecule has 0 aromatic heterocycles. The zero-order valence-corrected chi connectivity index (χ0v) is 16.0. The predicted molar refractivity (Wildman–Crippen MR) is 110 cm³/mol. The highest BCUT2D eigenvalue weighted by atomic mass is 16.5. The lowest BCUT2D eigenvalue weighted by molar-refractivity contribution is -0.127. The fraction of sp³-hybridized carbons (Fsp3) is 0.273. The summed E-state index contributed by atoms with van der Waals surface area (Å²) in [6, 6.07) is 17.0. The Balaban J connectivity index is 1.46. The average molecular weight is 379 g/mol. The molecule has 0 atom stereocenters. The fourth-order valence-corrected chi connectivity index (χ4v) is 3.12. The summed E-state index contributed by atoms with van der Waals surface area (Å²) >= 11 is 0. The molecule has 1 aliphatic heterocycles. The van der Waals surface area contributed by atoms with Crippen LogP contribution >= 0.6 is 0 Å². The summed E-state index contributed by atoms with van der Waals surface area (Å²) in [4.78, 5) is 28.5. The van der Waals surface area contributed by atoms with Gasteiger partial charge in [0.15, 0.2) is 0 Å². The SMILES string of the molecule is COc1ccccc1/C=C/C(=O)N1CCN(CC(=O)Nc2ccccc2)CC1. The molecule has 28 heavy (non-hydrogen) atoms. The van der Waals surface area contributed by atoms with Gasteiger partial charge in [-0.3, -0.25) is 14.5 Å². The highest BCUT2D eigenvalue weighted by molar-refractivity contribution is 5.93. The van der Waals surface area contributed by atoms with E-state index in [2.05, 4.69) is 10.2 Å². The number of nitrogens with one attached hydrogen (secondary N) is 1. The van der Waals surface area contributed by atoms with Gasteiger partial charge >= 0.3 is 0 Å². The summed E-state index contributed by atoms with van der Waals surface area (Å²) in [5.74, 6) is 0.669. The number of rotatable bonds is 6. The van der Waals surface area contributed by atoms with Crippen LogP contribution in [0, 0.1) is 0 Å². The number of para-hydroxylation sites is 2. The average Bonchev–Trinajstić information content (AvgIpc) is 2.73. The van der Waals surface area contributed by atoms with E-state index in [4.69, 9.17) is 4.74 Å². The zero-order valence-electron chi connectivity index (χ0n) is 16.0. The molecule has 0 bridgehead atoms. The summed E-state index contributed by atoms with van der Waals surface area (Å²) in [6.45, 7) is 2.89. The maximum atomic E-state index is 12.4. The third kappa shape index (κ3) is 5.44. The van der Waals surface area contributed by atoms with Gasteiger partial charge in [0.1, 0.15) is 5.75 Å². The van der Waals surface area contributed by atoms with Crippen LogP contribution in [0.3, 0.4) is 0 Å². The minimum Gasteiger partial charge on any atom is -0.496 e. The standard InChI is InChI=1S/C22H25N3O3/c1-28-20-10-6-5-7-18(20)11-12-22(27)25-15-13-24(14-16-25)17-21(26)23-19-8-3-2-4-9-19/h2-12H,13-17H2,1H3,(H,23,26)/b12-11+. The molecule has 1 fully saturated rings. The summed E-state index contributed by atoms with van der Waals surface area (Å²) in [7, 11) is 1.61. The first kappa shape index (κ1) is 19.6. The molecule has 0 radical (unpaired) electrons. The highest BCUT2D eigenvalue weighted by Gasteiger charge is 2.21. The van der Waals surface area contributed by atoms with Gasteiger partial charge in [-0.05, 0) is 24.3 Å². The van der Waals surface area contributed by atoms with Crippen LogP contribution in [0.4, 0.5) is 5.69 Å². The van der Waals surface area contributed by atoms with Crippen LogP contribution in [0.5, 0.6) is 5.75 Å². The van der Waals surface area contributed by atoms with E-state index in [0.717, 1.165) is 17.0 Å². The van der Waals surface area contributed by atoms with Gasteiger partial charge in [-0.15, -0.1) is 0 Å². The van der Waals surface area contributed by atoms with E-state index in [1.54, 1.807) is 24.2 Å². The van der Waals surface area contributed by atoms with Crippen molar-refractivity contribution < 1.29 is 14.3 Å². The van der Waals surface area contributed by atoms with E-state index >= 15 is 0 Å². The molecule has 2 aromatic rings. The zero-order chi connectivity index (χ0) is 19.8. The molecular weight excluding hydrogens is 354 g/mol. The molecule has 1 heterocycles. The minimum absolute atomic E-state index is 0.0284. The maximum absolute atomic E-state index is 12.4. The Morgan fingerprint density at radius 1 is 1.00 bits per heavy atom. The largest absolute Gasteiger partial charge is 0.496 e. The second-order valence-electron chi connectivity index (χ2n) is 6.59. The van der Waals surface area contributed by atoms with E-state index in [-0.39, 0.29) is 11.8 Å². The van der Waals surface area contributed by atoms with Crippen LogP contribution in [0.1, 0.15) is 5.56 Å². The summed E-state index contributed by atoms with van der Waals surface area (Å²) < 4.78 is 5.30. The van der Waals surface area contributed by atoms with Crippen molar-refractivity contribution in [2.45, 2.75) is 0 Å². The van der Waals surface area contributed by atoms with Gasteiger partial charge < -0.3 is 15.0 Å². The number of nitrogens with zero attached hydrogens (tertiary/aromatic N) is 2. The summed E-state index contributed by atoms with van der Waals surface area (Å²) in [5.41, 5.74) is 1.66. The van der Waals surface area contributed by atoms with Crippen LogP contribution in [-0.2, 0) is 9.59 Å². The van der Waals surface area contributed by atoms with Gasteiger partial charge in [-0.2, -0.15) is 0 Å². The van der Waals surface area contributed by atoms with Crippen molar-refractivity contribution in [3.63, 3.8) is 0 Å². The lowest BCUT2D eigenvalue weighted by atomic mass is 10.2. The van der Waals surface area contributed by atoms with E-state index in [9.17, 15) is 9.59 Å².